The molecule has 2 atom stereocenters. The number of nitrogens with zero attached hydrogens (tertiary/aromatic N) is 1. The first-order chi connectivity index (χ1) is 10.1. The molecular weight excluding hydrogens is 256 g/mol. The van der Waals surface area contributed by atoms with Gasteiger partial charge in [0.2, 0.25) is 0 Å². The molecule has 21 heavy (non-hydrogen) atoms. The average molecular weight is 288 g/mol. The predicted octanol–water partition coefficient (Wildman–Crippen LogP) is 3.75. The van der Waals surface area contributed by atoms with Crippen molar-refractivity contribution in [3.8, 4) is 0 Å². The van der Waals surface area contributed by atoms with E-state index in [-0.39, 0.29) is 0 Å². The lowest BCUT2D eigenvalue weighted by Gasteiger charge is -2.23. The first kappa shape index (κ1) is 16.5. The third-order valence-electron chi connectivity index (χ3n) is 4.88. The molecule has 1 aromatic rings. The lowest BCUT2D eigenvalue weighted by atomic mass is 9.88. The highest BCUT2D eigenvalue weighted by Crippen LogP contribution is 2.24. The molecular formula is C19H32N2. The number of benzene rings is 1. The molecule has 0 saturated carbocycles. The standard InChI is InChI=1S/C19H32N2/c1-15(2)19(18-8-6-5-7-9-18)13-20-12-17-10-11-21(14-17)16(3)4/h5-9,15-17,19-20H,10-14H2,1-4H3. The summed E-state index contributed by atoms with van der Waals surface area (Å²) < 4.78 is 0. The van der Waals surface area contributed by atoms with Gasteiger partial charge < -0.3 is 10.2 Å². The van der Waals surface area contributed by atoms with Crippen molar-refractivity contribution >= 4 is 0 Å². The highest BCUT2D eigenvalue weighted by atomic mass is 15.2. The summed E-state index contributed by atoms with van der Waals surface area (Å²) in [6.07, 6.45) is 1.35. The van der Waals surface area contributed by atoms with E-state index in [2.05, 4.69) is 68.2 Å². The van der Waals surface area contributed by atoms with Crippen LogP contribution in [0.2, 0.25) is 0 Å². The van der Waals surface area contributed by atoms with Gasteiger partial charge in [-0.3, -0.25) is 0 Å². The summed E-state index contributed by atoms with van der Waals surface area (Å²) in [5, 5.41) is 3.74. The summed E-state index contributed by atoms with van der Waals surface area (Å²) in [4.78, 5) is 2.60. The monoisotopic (exact) mass is 288 g/mol. The van der Waals surface area contributed by atoms with Gasteiger partial charge in [0.25, 0.3) is 0 Å². The van der Waals surface area contributed by atoms with Gasteiger partial charge in [-0.05, 0) is 56.7 Å². The van der Waals surface area contributed by atoms with Crippen molar-refractivity contribution in [1.29, 1.82) is 0 Å². The van der Waals surface area contributed by atoms with Crippen molar-refractivity contribution < 1.29 is 0 Å². The fraction of sp³-hybridized carbons (Fsp3) is 0.684. The maximum Gasteiger partial charge on any atom is 0.00387 e. The predicted molar refractivity (Wildman–Crippen MR) is 91.7 cm³/mol. The quantitative estimate of drug-likeness (QED) is 0.822. The van der Waals surface area contributed by atoms with E-state index in [0.29, 0.717) is 17.9 Å². The molecule has 0 aromatic heterocycles. The third-order valence-corrected chi connectivity index (χ3v) is 4.88. The summed E-state index contributed by atoms with van der Waals surface area (Å²) in [6, 6.07) is 11.6. The second-order valence-electron chi connectivity index (χ2n) is 7.16. The zero-order valence-electron chi connectivity index (χ0n) is 14.2. The van der Waals surface area contributed by atoms with Crippen molar-refractivity contribution in [2.75, 3.05) is 26.2 Å². The van der Waals surface area contributed by atoms with Crippen LogP contribution in [0.4, 0.5) is 0 Å². The number of rotatable bonds is 7. The van der Waals surface area contributed by atoms with Crippen LogP contribution in [0.25, 0.3) is 0 Å². The van der Waals surface area contributed by atoms with Gasteiger partial charge in [0.15, 0.2) is 0 Å². The molecule has 2 rings (SSSR count). The van der Waals surface area contributed by atoms with E-state index in [9.17, 15) is 0 Å². The van der Waals surface area contributed by atoms with E-state index < -0.39 is 0 Å². The van der Waals surface area contributed by atoms with Crippen LogP contribution in [0.5, 0.6) is 0 Å². The number of likely N-dealkylation sites (tertiary alicyclic amines) is 1. The van der Waals surface area contributed by atoms with Gasteiger partial charge in [-0.2, -0.15) is 0 Å². The van der Waals surface area contributed by atoms with Crippen molar-refractivity contribution in [2.45, 2.75) is 46.1 Å². The Morgan fingerprint density at radius 3 is 2.43 bits per heavy atom. The van der Waals surface area contributed by atoms with Crippen molar-refractivity contribution in [2.24, 2.45) is 11.8 Å². The molecule has 1 fully saturated rings. The van der Waals surface area contributed by atoms with E-state index >= 15 is 0 Å². The first-order valence-corrected chi connectivity index (χ1v) is 8.57. The van der Waals surface area contributed by atoms with Crippen LogP contribution in [-0.4, -0.2) is 37.1 Å². The highest BCUT2D eigenvalue weighted by molar-refractivity contribution is 5.20. The maximum absolute atomic E-state index is 3.74. The normalized spacial score (nSPS) is 21.3. The second kappa shape index (κ2) is 7.95. The van der Waals surface area contributed by atoms with E-state index in [4.69, 9.17) is 0 Å². The van der Waals surface area contributed by atoms with E-state index in [1.807, 2.05) is 0 Å². The lowest BCUT2D eigenvalue weighted by Crippen LogP contribution is -2.32. The largest absolute Gasteiger partial charge is 0.316 e. The van der Waals surface area contributed by atoms with E-state index in [1.165, 1.54) is 31.6 Å². The molecule has 1 aromatic carbocycles. The zero-order valence-corrected chi connectivity index (χ0v) is 14.2. The fourth-order valence-corrected chi connectivity index (χ4v) is 3.38. The Kier molecular flexibility index (Phi) is 6.25. The molecule has 0 radical (unpaired) electrons. The molecule has 0 aliphatic carbocycles. The van der Waals surface area contributed by atoms with Gasteiger partial charge in [-0.25, -0.2) is 0 Å². The Labute approximate surface area is 130 Å². The van der Waals surface area contributed by atoms with Crippen molar-refractivity contribution in [3.63, 3.8) is 0 Å². The number of nitrogens with one attached hydrogen (secondary N) is 1. The average Bonchev–Trinajstić information content (AvgIpc) is 2.93. The molecule has 1 heterocycles. The van der Waals surface area contributed by atoms with Crippen LogP contribution in [0.3, 0.4) is 0 Å². The Morgan fingerprint density at radius 1 is 1.14 bits per heavy atom. The molecule has 118 valence electrons. The van der Waals surface area contributed by atoms with E-state index in [1.54, 1.807) is 0 Å². The molecule has 2 nitrogen and oxygen atoms in total. The Morgan fingerprint density at radius 2 is 1.86 bits per heavy atom. The second-order valence-corrected chi connectivity index (χ2v) is 7.16. The lowest BCUT2D eigenvalue weighted by molar-refractivity contribution is 0.263. The van der Waals surface area contributed by atoms with Crippen molar-refractivity contribution in [1.82, 2.24) is 10.2 Å². The maximum atomic E-state index is 3.74. The topological polar surface area (TPSA) is 15.3 Å². The Hall–Kier alpha value is -0.860. The summed E-state index contributed by atoms with van der Waals surface area (Å²) in [5.74, 6) is 2.13. The number of hydrogen-bond acceptors (Lipinski definition) is 2. The molecule has 1 aliphatic rings. The Balaban J connectivity index is 1.79. The van der Waals surface area contributed by atoms with Crippen LogP contribution in [0, 0.1) is 11.8 Å². The smallest absolute Gasteiger partial charge is 0.00387 e. The molecule has 1 N–H and O–H groups in total. The molecule has 0 amide bonds. The SMILES string of the molecule is CC(C)C(CNCC1CCN(C(C)C)C1)c1ccccc1. The summed E-state index contributed by atoms with van der Waals surface area (Å²) in [7, 11) is 0. The van der Waals surface area contributed by atoms with Crippen LogP contribution in [0.15, 0.2) is 30.3 Å². The minimum atomic E-state index is 0.619. The molecule has 0 spiro atoms. The highest BCUT2D eigenvalue weighted by Gasteiger charge is 2.24. The molecule has 1 aliphatic heterocycles. The van der Waals surface area contributed by atoms with Crippen LogP contribution < -0.4 is 5.32 Å². The van der Waals surface area contributed by atoms with Gasteiger partial charge >= 0.3 is 0 Å². The molecule has 1 saturated heterocycles. The van der Waals surface area contributed by atoms with Gasteiger partial charge in [0.1, 0.15) is 0 Å². The van der Waals surface area contributed by atoms with Crippen molar-refractivity contribution in [3.05, 3.63) is 35.9 Å². The van der Waals surface area contributed by atoms with Crippen LogP contribution >= 0.6 is 0 Å². The minimum absolute atomic E-state index is 0.619. The molecule has 2 unspecified atom stereocenters. The number of hydrogen-bond donors (Lipinski definition) is 1. The summed E-state index contributed by atoms with van der Waals surface area (Å²) in [5.41, 5.74) is 1.47. The zero-order chi connectivity index (χ0) is 15.2. The van der Waals surface area contributed by atoms with Gasteiger partial charge in [-0.1, -0.05) is 44.2 Å². The van der Waals surface area contributed by atoms with Crippen LogP contribution in [-0.2, 0) is 0 Å². The summed E-state index contributed by atoms with van der Waals surface area (Å²) in [6.45, 7) is 14.1. The first-order valence-electron chi connectivity index (χ1n) is 8.57. The Bertz CT molecular complexity index is 399. The summed E-state index contributed by atoms with van der Waals surface area (Å²) >= 11 is 0. The van der Waals surface area contributed by atoms with Gasteiger partial charge in [-0.15, -0.1) is 0 Å². The van der Waals surface area contributed by atoms with Gasteiger partial charge in [0, 0.05) is 19.1 Å². The van der Waals surface area contributed by atoms with Gasteiger partial charge in [0.05, 0.1) is 0 Å². The van der Waals surface area contributed by atoms with E-state index in [0.717, 1.165) is 12.5 Å². The fourth-order valence-electron chi connectivity index (χ4n) is 3.38. The molecule has 0 bridgehead atoms. The van der Waals surface area contributed by atoms with Crippen LogP contribution in [0.1, 0.15) is 45.6 Å². The minimum Gasteiger partial charge on any atom is -0.316 e. The third kappa shape index (κ3) is 4.82. The molecule has 2 heteroatoms.